The third kappa shape index (κ3) is 3.84. The first-order valence-corrected chi connectivity index (χ1v) is 10.5. The van der Waals surface area contributed by atoms with Crippen LogP contribution in [0.3, 0.4) is 0 Å². The minimum atomic E-state index is -0.243. The molecule has 0 N–H and O–H groups in total. The standard InChI is InChI=1S/C22H32FN2O2/c1-25(2)19-11-12-20(25)14-21(13-19)27-22(26)24(18-5-3-4-6-18)15-16-7-9-17(23)10-8-16/h7-10,18-21H,3-6,11-15H2,1-2H3/q+1/t19-,20+,21?. The van der Waals surface area contributed by atoms with E-state index in [2.05, 4.69) is 14.1 Å². The molecule has 1 aliphatic carbocycles. The molecule has 1 aromatic rings. The summed E-state index contributed by atoms with van der Waals surface area (Å²) in [6, 6.07) is 7.93. The van der Waals surface area contributed by atoms with E-state index in [1.807, 2.05) is 4.90 Å². The minimum Gasteiger partial charge on any atom is -0.446 e. The summed E-state index contributed by atoms with van der Waals surface area (Å²) < 4.78 is 20.3. The lowest BCUT2D eigenvalue weighted by Gasteiger charge is -2.44. The number of piperidine rings is 1. The van der Waals surface area contributed by atoms with E-state index >= 15 is 0 Å². The number of benzene rings is 1. The molecule has 1 amide bonds. The smallest absolute Gasteiger partial charge is 0.410 e. The Kier molecular flexibility index (Phi) is 5.15. The largest absolute Gasteiger partial charge is 0.446 e. The van der Waals surface area contributed by atoms with Crippen LogP contribution in [0.15, 0.2) is 24.3 Å². The lowest BCUT2D eigenvalue weighted by atomic mass is 9.98. The summed E-state index contributed by atoms with van der Waals surface area (Å²) in [6.45, 7) is 0.505. The fourth-order valence-electron chi connectivity index (χ4n) is 5.48. The number of amides is 1. The van der Waals surface area contributed by atoms with E-state index in [0.717, 1.165) is 48.6 Å². The van der Waals surface area contributed by atoms with Crippen LogP contribution in [0.4, 0.5) is 9.18 Å². The molecule has 148 valence electrons. The second-order valence-electron chi connectivity index (χ2n) is 9.18. The van der Waals surface area contributed by atoms with Crippen molar-refractivity contribution in [2.45, 2.75) is 82.1 Å². The molecule has 2 aliphatic heterocycles. The maximum absolute atomic E-state index is 13.2. The zero-order chi connectivity index (χ0) is 19.0. The summed E-state index contributed by atoms with van der Waals surface area (Å²) in [4.78, 5) is 15.0. The Morgan fingerprint density at radius 3 is 2.26 bits per heavy atom. The maximum atomic E-state index is 13.2. The molecule has 2 heterocycles. The zero-order valence-electron chi connectivity index (χ0n) is 16.6. The van der Waals surface area contributed by atoms with Crippen LogP contribution in [0.1, 0.15) is 56.9 Å². The summed E-state index contributed by atoms with van der Waals surface area (Å²) in [5, 5.41) is 0. The lowest BCUT2D eigenvalue weighted by Crippen LogP contribution is -2.56. The highest BCUT2D eigenvalue weighted by atomic mass is 19.1. The van der Waals surface area contributed by atoms with Gasteiger partial charge < -0.3 is 14.1 Å². The molecule has 0 spiro atoms. The van der Waals surface area contributed by atoms with Crippen molar-refractivity contribution in [2.24, 2.45) is 0 Å². The fourth-order valence-corrected chi connectivity index (χ4v) is 5.48. The van der Waals surface area contributed by atoms with E-state index in [0.29, 0.717) is 18.6 Å². The molecule has 4 rings (SSSR count). The number of quaternary nitrogens is 1. The predicted molar refractivity (Wildman–Crippen MR) is 103 cm³/mol. The third-order valence-corrected chi connectivity index (χ3v) is 7.32. The predicted octanol–water partition coefficient (Wildman–Crippen LogP) is 4.48. The van der Waals surface area contributed by atoms with Crippen molar-refractivity contribution in [2.75, 3.05) is 14.1 Å². The lowest BCUT2D eigenvalue weighted by molar-refractivity contribution is -0.931. The van der Waals surface area contributed by atoms with Gasteiger partial charge in [-0.2, -0.15) is 0 Å². The molecular formula is C22H32FN2O2+. The molecule has 3 fully saturated rings. The topological polar surface area (TPSA) is 29.5 Å². The molecule has 5 heteroatoms. The van der Waals surface area contributed by atoms with Gasteiger partial charge in [0.05, 0.1) is 26.2 Å². The van der Waals surface area contributed by atoms with Gasteiger partial charge in [0, 0.05) is 38.3 Å². The van der Waals surface area contributed by atoms with Gasteiger partial charge in [-0.3, -0.25) is 0 Å². The summed E-state index contributed by atoms with van der Waals surface area (Å²) in [5.74, 6) is -0.243. The average Bonchev–Trinajstić information content (AvgIpc) is 3.17. The highest BCUT2D eigenvalue weighted by Gasteiger charge is 2.50. The number of carbonyl (C=O) groups excluding carboxylic acids is 1. The van der Waals surface area contributed by atoms with Crippen LogP contribution in [0.5, 0.6) is 0 Å². The quantitative estimate of drug-likeness (QED) is 0.727. The SMILES string of the molecule is C[N+]1(C)[C@@H]2CC[C@H]1CC(OC(=O)N(Cc1ccc(F)cc1)C1CCCC1)C2. The van der Waals surface area contributed by atoms with Crippen LogP contribution in [0.2, 0.25) is 0 Å². The average molecular weight is 376 g/mol. The molecule has 2 saturated heterocycles. The van der Waals surface area contributed by atoms with Gasteiger partial charge in [-0.25, -0.2) is 9.18 Å². The number of nitrogens with zero attached hydrogens (tertiary/aromatic N) is 2. The van der Waals surface area contributed by atoms with Gasteiger partial charge in [0.25, 0.3) is 0 Å². The van der Waals surface area contributed by atoms with E-state index in [9.17, 15) is 9.18 Å². The highest BCUT2D eigenvalue weighted by Crippen LogP contribution is 2.40. The first-order valence-electron chi connectivity index (χ1n) is 10.5. The van der Waals surface area contributed by atoms with Gasteiger partial charge in [-0.05, 0) is 30.5 Å². The minimum absolute atomic E-state index is 0.0401. The molecule has 1 saturated carbocycles. The first kappa shape index (κ1) is 18.7. The van der Waals surface area contributed by atoms with E-state index in [4.69, 9.17) is 4.74 Å². The number of fused-ring (bicyclic) bond motifs is 2. The monoisotopic (exact) mass is 375 g/mol. The Balaban J connectivity index is 1.43. The number of hydrogen-bond acceptors (Lipinski definition) is 2. The molecule has 1 unspecified atom stereocenters. The van der Waals surface area contributed by atoms with Crippen molar-refractivity contribution in [1.82, 2.24) is 4.90 Å². The van der Waals surface area contributed by atoms with Gasteiger partial charge in [0.15, 0.2) is 0 Å². The second-order valence-corrected chi connectivity index (χ2v) is 9.18. The van der Waals surface area contributed by atoms with Crippen LogP contribution < -0.4 is 0 Å². The van der Waals surface area contributed by atoms with Crippen LogP contribution in [0, 0.1) is 5.82 Å². The highest BCUT2D eigenvalue weighted by molar-refractivity contribution is 5.68. The van der Waals surface area contributed by atoms with Crippen molar-refractivity contribution in [1.29, 1.82) is 0 Å². The molecule has 27 heavy (non-hydrogen) atoms. The molecule has 0 aromatic heterocycles. The molecule has 3 atom stereocenters. The number of carbonyl (C=O) groups is 1. The van der Waals surface area contributed by atoms with Crippen molar-refractivity contribution in [3.05, 3.63) is 35.6 Å². The Labute approximate surface area is 161 Å². The summed E-state index contributed by atoms with van der Waals surface area (Å²) in [6.07, 6.45) is 8.71. The third-order valence-electron chi connectivity index (χ3n) is 7.32. The van der Waals surface area contributed by atoms with Gasteiger partial charge >= 0.3 is 6.09 Å². The normalized spacial score (nSPS) is 29.7. The summed E-state index contributed by atoms with van der Waals surface area (Å²) in [5.41, 5.74) is 0.960. The van der Waals surface area contributed by atoms with Crippen LogP contribution in [0.25, 0.3) is 0 Å². The van der Waals surface area contributed by atoms with Crippen LogP contribution in [-0.4, -0.2) is 53.8 Å². The number of ether oxygens (including phenoxy) is 1. The Morgan fingerprint density at radius 1 is 1.07 bits per heavy atom. The van der Waals surface area contributed by atoms with Gasteiger partial charge in [0.2, 0.25) is 0 Å². The van der Waals surface area contributed by atoms with E-state index in [-0.39, 0.29) is 24.1 Å². The second kappa shape index (κ2) is 7.42. The van der Waals surface area contributed by atoms with Gasteiger partial charge in [-0.1, -0.05) is 25.0 Å². The van der Waals surface area contributed by atoms with E-state index < -0.39 is 0 Å². The molecule has 2 bridgehead atoms. The number of halogens is 1. The van der Waals surface area contributed by atoms with E-state index in [1.54, 1.807) is 12.1 Å². The summed E-state index contributed by atoms with van der Waals surface area (Å²) >= 11 is 0. The number of rotatable bonds is 4. The Bertz CT molecular complexity index is 653. The molecule has 0 radical (unpaired) electrons. The zero-order valence-corrected chi connectivity index (χ0v) is 16.6. The number of hydrogen-bond donors (Lipinski definition) is 0. The van der Waals surface area contributed by atoms with Gasteiger partial charge in [0.1, 0.15) is 11.9 Å². The molecule has 4 nitrogen and oxygen atoms in total. The maximum Gasteiger partial charge on any atom is 0.410 e. The fraction of sp³-hybridized carbons (Fsp3) is 0.682. The van der Waals surface area contributed by atoms with Crippen LogP contribution >= 0.6 is 0 Å². The molecule has 1 aromatic carbocycles. The summed E-state index contributed by atoms with van der Waals surface area (Å²) in [7, 11) is 4.64. The van der Waals surface area contributed by atoms with Crippen molar-refractivity contribution < 1.29 is 18.4 Å². The first-order chi connectivity index (χ1) is 12.9. The molecular weight excluding hydrogens is 343 g/mol. The molecule has 3 aliphatic rings. The van der Waals surface area contributed by atoms with Crippen molar-refractivity contribution in [3.63, 3.8) is 0 Å². The Morgan fingerprint density at radius 2 is 1.67 bits per heavy atom. The Hall–Kier alpha value is -1.62. The van der Waals surface area contributed by atoms with Crippen molar-refractivity contribution >= 4 is 6.09 Å². The van der Waals surface area contributed by atoms with Gasteiger partial charge in [-0.15, -0.1) is 0 Å². The van der Waals surface area contributed by atoms with Crippen LogP contribution in [-0.2, 0) is 11.3 Å². The van der Waals surface area contributed by atoms with Crippen molar-refractivity contribution in [3.8, 4) is 0 Å². The van der Waals surface area contributed by atoms with E-state index in [1.165, 1.54) is 25.0 Å².